The van der Waals surface area contributed by atoms with Crippen molar-refractivity contribution in [3.8, 4) is 5.75 Å². The molecule has 2 atom stereocenters. The van der Waals surface area contributed by atoms with Crippen LogP contribution < -0.4 is 15.4 Å². The zero-order valence-electron chi connectivity index (χ0n) is 21.8. The number of amides is 3. The van der Waals surface area contributed by atoms with E-state index in [1.807, 2.05) is 42.2 Å². The van der Waals surface area contributed by atoms with E-state index in [4.69, 9.17) is 4.74 Å². The number of rotatable bonds is 10. The lowest BCUT2D eigenvalue weighted by Gasteiger charge is -2.36. The lowest BCUT2D eigenvalue weighted by molar-refractivity contribution is -0.133. The second-order valence-electron chi connectivity index (χ2n) is 9.92. The smallest absolute Gasteiger partial charge is 0.251 e. The number of aryl methyl sites for hydroxylation is 1. The Morgan fingerprint density at radius 1 is 0.944 bits per heavy atom. The third-order valence-corrected chi connectivity index (χ3v) is 7.13. The van der Waals surface area contributed by atoms with Crippen LogP contribution in [0.15, 0.2) is 54.6 Å². The molecule has 3 rings (SSSR count). The Labute approximate surface area is 214 Å². The summed E-state index contributed by atoms with van der Waals surface area (Å²) in [5.74, 6) is 0.550. The minimum Gasteiger partial charge on any atom is -0.497 e. The standard InChI is InChI=1S/C29H39N3O4/c1-20(2)21(3)30-29(35)27(31-28(34)24-11-13-25(36-4)14-12-24)23-16-18-32(19-17-23)26(33)15-10-22-8-6-5-7-9-22/h5-9,11-14,20-21,23,27H,10,15-19H2,1-4H3,(H,30,35)(H,31,34)/t21-,27+/m1/s1. The molecule has 2 aromatic rings. The van der Waals surface area contributed by atoms with Gasteiger partial charge in [-0.15, -0.1) is 0 Å². The van der Waals surface area contributed by atoms with Gasteiger partial charge in [0.15, 0.2) is 0 Å². The molecule has 36 heavy (non-hydrogen) atoms. The Kier molecular flexibility index (Phi) is 9.91. The molecule has 194 valence electrons. The largest absolute Gasteiger partial charge is 0.497 e. The van der Waals surface area contributed by atoms with E-state index in [1.54, 1.807) is 31.4 Å². The van der Waals surface area contributed by atoms with Crippen LogP contribution in [0.2, 0.25) is 0 Å². The molecule has 1 heterocycles. The van der Waals surface area contributed by atoms with Gasteiger partial charge < -0.3 is 20.3 Å². The summed E-state index contributed by atoms with van der Waals surface area (Å²) in [7, 11) is 1.57. The predicted molar refractivity (Wildman–Crippen MR) is 141 cm³/mol. The molecule has 0 radical (unpaired) electrons. The number of nitrogens with one attached hydrogen (secondary N) is 2. The van der Waals surface area contributed by atoms with Crippen LogP contribution in [0.5, 0.6) is 5.75 Å². The topological polar surface area (TPSA) is 87.7 Å². The number of likely N-dealkylation sites (tertiary alicyclic amines) is 1. The van der Waals surface area contributed by atoms with Crippen LogP contribution >= 0.6 is 0 Å². The van der Waals surface area contributed by atoms with Crippen molar-refractivity contribution >= 4 is 17.7 Å². The Bertz CT molecular complexity index is 999. The lowest BCUT2D eigenvalue weighted by atomic mass is 9.88. The van der Waals surface area contributed by atoms with Crippen LogP contribution in [-0.4, -0.2) is 54.9 Å². The molecule has 7 nitrogen and oxygen atoms in total. The SMILES string of the molecule is COc1ccc(C(=O)N[C@H](C(=O)N[C@H](C)C(C)C)C2CCN(C(=O)CCc3ccccc3)CC2)cc1. The summed E-state index contributed by atoms with van der Waals surface area (Å²) < 4.78 is 5.17. The number of carbonyl (C=O) groups excluding carboxylic acids is 3. The number of hydrogen-bond acceptors (Lipinski definition) is 4. The quantitative estimate of drug-likeness (QED) is 0.527. The number of ether oxygens (including phenoxy) is 1. The summed E-state index contributed by atoms with van der Waals surface area (Å²) in [5.41, 5.74) is 1.62. The van der Waals surface area contributed by atoms with Crippen LogP contribution in [0.25, 0.3) is 0 Å². The molecule has 0 unspecified atom stereocenters. The van der Waals surface area contributed by atoms with Crippen molar-refractivity contribution in [2.45, 2.75) is 58.5 Å². The predicted octanol–water partition coefficient (Wildman–Crippen LogP) is 3.83. The maximum Gasteiger partial charge on any atom is 0.251 e. The Hall–Kier alpha value is -3.35. The van der Waals surface area contributed by atoms with Gasteiger partial charge in [-0.3, -0.25) is 14.4 Å². The molecular weight excluding hydrogens is 454 g/mol. The van der Waals surface area contributed by atoms with Crippen molar-refractivity contribution in [2.24, 2.45) is 11.8 Å². The molecule has 2 N–H and O–H groups in total. The Balaban J connectivity index is 1.63. The first-order chi connectivity index (χ1) is 17.3. The van der Waals surface area contributed by atoms with Crippen molar-refractivity contribution in [3.05, 3.63) is 65.7 Å². The van der Waals surface area contributed by atoms with Gasteiger partial charge in [0, 0.05) is 31.1 Å². The molecular formula is C29H39N3O4. The minimum absolute atomic E-state index is 0.0162. The van der Waals surface area contributed by atoms with Gasteiger partial charge in [0.1, 0.15) is 11.8 Å². The third-order valence-electron chi connectivity index (χ3n) is 7.13. The van der Waals surface area contributed by atoms with Crippen LogP contribution in [0.3, 0.4) is 0 Å². The molecule has 0 bridgehead atoms. The first-order valence-corrected chi connectivity index (χ1v) is 12.9. The molecule has 2 aromatic carbocycles. The van der Waals surface area contributed by atoms with Gasteiger partial charge in [0.2, 0.25) is 11.8 Å². The van der Waals surface area contributed by atoms with Crippen LogP contribution in [0, 0.1) is 11.8 Å². The van der Waals surface area contributed by atoms with Crippen LogP contribution in [0.4, 0.5) is 0 Å². The van der Waals surface area contributed by atoms with Gasteiger partial charge in [-0.25, -0.2) is 0 Å². The van der Waals surface area contributed by atoms with Gasteiger partial charge in [-0.2, -0.15) is 0 Å². The summed E-state index contributed by atoms with van der Waals surface area (Å²) in [6, 6.07) is 16.2. The molecule has 1 saturated heterocycles. The summed E-state index contributed by atoms with van der Waals surface area (Å²) in [6.07, 6.45) is 2.51. The highest BCUT2D eigenvalue weighted by Gasteiger charge is 2.34. The number of piperidine rings is 1. The van der Waals surface area contributed by atoms with Crippen molar-refractivity contribution in [3.63, 3.8) is 0 Å². The van der Waals surface area contributed by atoms with Gasteiger partial charge in [-0.1, -0.05) is 44.2 Å². The molecule has 3 amide bonds. The van der Waals surface area contributed by atoms with E-state index in [1.165, 1.54) is 0 Å². The van der Waals surface area contributed by atoms with Crippen molar-refractivity contribution in [2.75, 3.05) is 20.2 Å². The van der Waals surface area contributed by atoms with Crippen molar-refractivity contribution < 1.29 is 19.1 Å². The van der Waals surface area contributed by atoms with E-state index in [2.05, 4.69) is 24.5 Å². The van der Waals surface area contributed by atoms with Crippen molar-refractivity contribution in [1.82, 2.24) is 15.5 Å². The zero-order valence-corrected chi connectivity index (χ0v) is 21.8. The highest BCUT2D eigenvalue weighted by atomic mass is 16.5. The van der Waals surface area contributed by atoms with E-state index in [0.717, 1.165) is 12.0 Å². The maximum atomic E-state index is 13.3. The summed E-state index contributed by atoms with van der Waals surface area (Å²) >= 11 is 0. The Morgan fingerprint density at radius 3 is 2.17 bits per heavy atom. The summed E-state index contributed by atoms with van der Waals surface area (Å²) in [4.78, 5) is 41.0. The molecule has 0 saturated carbocycles. The first-order valence-electron chi connectivity index (χ1n) is 12.9. The van der Waals surface area contributed by atoms with E-state index in [0.29, 0.717) is 43.7 Å². The number of methoxy groups -OCH3 is 1. The van der Waals surface area contributed by atoms with Gasteiger partial charge in [-0.05, 0) is 67.9 Å². The number of carbonyl (C=O) groups is 3. The van der Waals surface area contributed by atoms with Crippen LogP contribution in [-0.2, 0) is 16.0 Å². The fraction of sp³-hybridized carbons (Fsp3) is 0.483. The zero-order chi connectivity index (χ0) is 26.1. The first kappa shape index (κ1) is 27.2. The van der Waals surface area contributed by atoms with E-state index in [9.17, 15) is 14.4 Å². The van der Waals surface area contributed by atoms with Crippen LogP contribution in [0.1, 0.15) is 56.0 Å². The monoisotopic (exact) mass is 493 g/mol. The second kappa shape index (κ2) is 13.1. The molecule has 7 heteroatoms. The maximum absolute atomic E-state index is 13.3. The normalized spacial score (nSPS) is 15.8. The van der Waals surface area contributed by atoms with Gasteiger partial charge in [0.25, 0.3) is 5.91 Å². The van der Waals surface area contributed by atoms with Crippen molar-refractivity contribution in [1.29, 1.82) is 0 Å². The lowest BCUT2D eigenvalue weighted by Crippen LogP contribution is -2.55. The number of hydrogen-bond donors (Lipinski definition) is 2. The third kappa shape index (κ3) is 7.57. The average molecular weight is 494 g/mol. The van der Waals surface area contributed by atoms with E-state index >= 15 is 0 Å². The average Bonchev–Trinajstić information content (AvgIpc) is 2.90. The second-order valence-corrected chi connectivity index (χ2v) is 9.92. The van der Waals surface area contributed by atoms with Gasteiger partial charge in [0.05, 0.1) is 7.11 Å². The minimum atomic E-state index is -0.664. The molecule has 0 aromatic heterocycles. The molecule has 0 spiro atoms. The van der Waals surface area contributed by atoms with E-state index in [-0.39, 0.29) is 35.6 Å². The summed E-state index contributed by atoms with van der Waals surface area (Å²) in [6.45, 7) is 7.24. The molecule has 1 aliphatic heterocycles. The highest BCUT2D eigenvalue weighted by molar-refractivity contribution is 5.97. The number of benzene rings is 2. The number of nitrogens with zero attached hydrogens (tertiary/aromatic N) is 1. The Morgan fingerprint density at radius 2 is 1.58 bits per heavy atom. The molecule has 1 fully saturated rings. The fourth-order valence-electron chi connectivity index (χ4n) is 4.38. The molecule has 0 aliphatic carbocycles. The van der Waals surface area contributed by atoms with E-state index < -0.39 is 6.04 Å². The highest BCUT2D eigenvalue weighted by Crippen LogP contribution is 2.23. The fourth-order valence-corrected chi connectivity index (χ4v) is 4.38. The summed E-state index contributed by atoms with van der Waals surface area (Å²) in [5, 5.41) is 6.05. The van der Waals surface area contributed by atoms with Gasteiger partial charge >= 0.3 is 0 Å². The molecule has 1 aliphatic rings.